The molecule has 0 spiro atoms. The largest absolute Gasteiger partial charge is 0.496 e. The topological polar surface area (TPSA) is 103 Å². The van der Waals surface area contributed by atoms with Crippen molar-refractivity contribution < 1.29 is 19.2 Å². The first-order valence-electron chi connectivity index (χ1n) is 7.77. The Bertz CT molecular complexity index is 926. The lowest BCUT2D eigenvalue weighted by atomic mass is 10.2. The van der Waals surface area contributed by atoms with Crippen LogP contribution >= 0.6 is 35.4 Å². The second-order valence-corrected chi connectivity index (χ2v) is 6.67. The van der Waals surface area contributed by atoms with Gasteiger partial charge in [0.25, 0.3) is 11.6 Å². The molecule has 0 saturated carbocycles. The highest BCUT2D eigenvalue weighted by atomic mass is 35.5. The standard InChI is InChI=1S/C17H15Cl2N3O5S/c1-9(27-15-6-3-10(18)7-12(15)19)16(23)21-17(28)20-13-5-4-11(26-2)8-14(13)22(24)25/h3-9H,1-2H3,(H2,20,21,23,28)/t9-/m1/s1. The molecule has 0 unspecified atom stereocenters. The van der Waals surface area contributed by atoms with Gasteiger partial charge in [-0.2, -0.15) is 0 Å². The summed E-state index contributed by atoms with van der Waals surface area (Å²) in [5, 5.41) is 16.8. The third-order valence-corrected chi connectivity index (χ3v) is 4.19. The first-order chi connectivity index (χ1) is 13.2. The number of benzene rings is 2. The summed E-state index contributed by atoms with van der Waals surface area (Å²) in [6.45, 7) is 1.50. The van der Waals surface area contributed by atoms with Crippen LogP contribution in [0.25, 0.3) is 0 Å². The number of amides is 1. The second-order valence-electron chi connectivity index (χ2n) is 5.42. The number of hydrogen-bond acceptors (Lipinski definition) is 6. The van der Waals surface area contributed by atoms with Crippen LogP contribution in [0, 0.1) is 10.1 Å². The molecule has 0 aliphatic heterocycles. The molecule has 148 valence electrons. The maximum Gasteiger partial charge on any atom is 0.296 e. The zero-order chi connectivity index (χ0) is 20.8. The molecule has 0 fully saturated rings. The van der Waals surface area contributed by atoms with Crippen molar-refractivity contribution in [1.82, 2.24) is 5.32 Å². The summed E-state index contributed by atoms with van der Waals surface area (Å²) >= 11 is 16.9. The zero-order valence-corrected chi connectivity index (χ0v) is 17.0. The first kappa shape index (κ1) is 21.7. The van der Waals surface area contributed by atoms with Gasteiger partial charge in [-0.1, -0.05) is 23.2 Å². The molecule has 2 aromatic carbocycles. The van der Waals surface area contributed by atoms with Crippen molar-refractivity contribution in [3.05, 3.63) is 56.6 Å². The van der Waals surface area contributed by atoms with Gasteiger partial charge in [-0.05, 0) is 49.5 Å². The molecule has 28 heavy (non-hydrogen) atoms. The van der Waals surface area contributed by atoms with Gasteiger partial charge >= 0.3 is 0 Å². The van der Waals surface area contributed by atoms with Crippen molar-refractivity contribution in [1.29, 1.82) is 0 Å². The van der Waals surface area contributed by atoms with Gasteiger partial charge in [0.2, 0.25) is 0 Å². The molecule has 0 aliphatic carbocycles. The number of carbonyl (C=O) groups is 1. The lowest BCUT2D eigenvalue weighted by Crippen LogP contribution is -2.42. The molecule has 0 saturated heterocycles. The molecule has 0 heterocycles. The number of methoxy groups -OCH3 is 1. The Morgan fingerprint density at radius 1 is 1.25 bits per heavy atom. The maximum absolute atomic E-state index is 12.3. The Labute approximate surface area is 175 Å². The third kappa shape index (κ3) is 5.69. The summed E-state index contributed by atoms with van der Waals surface area (Å²) in [5.41, 5.74) is -0.154. The number of hydrogen-bond donors (Lipinski definition) is 2. The number of halogens is 2. The van der Waals surface area contributed by atoms with E-state index in [1.165, 1.54) is 44.4 Å². The number of rotatable bonds is 6. The number of anilines is 1. The predicted molar refractivity (Wildman–Crippen MR) is 111 cm³/mol. The number of carbonyl (C=O) groups excluding carboxylic acids is 1. The lowest BCUT2D eigenvalue weighted by Gasteiger charge is -2.16. The molecule has 8 nitrogen and oxygen atoms in total. The van der Waals surface area contributed by atoms with Gasteiger partial charge in [0, 0.05) is 5.02 Å². The van der Waals surface area contributed by atoms with Crippen molar-refractivity contribution in [2.24, 2.45) is 0 Å². The van der Waals surface area contributed by atoms with E-state index in [4.69, 9.17) is 44.9 Å². The summed E-state index contributed by atoms with van der Waals surface area (Å²) in [6, 6.07) is 8.77. The molecule has 0 radical (unpaired) electrons. The minimum absolute atomic E-state index is 0.102. The van der Waals surface area contributed by atoms with E-state index in [2.05, 4.69) is 10.6 Å². The van der Waals surface area contributed by atoms with E-state index in [9.17, 15) is 14.9 Å². The highest BCUT2D eigenvalue weighted by Crippen LogP contribution is 2.29. The minimum atomic E-state index is -0.940. The molecular formula is C17H15Cl2N3O5S. The first-order valence-corrected chi connectivity index (χ1v) is 8.93. The van der Waals surface area contributed by atoms with Crippen LogP contribution in [-0.2, 0) is 4.79 Å². The van der Waals surface area contributed by atoms with Crippen molar-refractivity contribution in [3.8, 4) is 11.5 Å². The average Bonchev–Trinajstić information content (AvgIpc) is 2.63. The average molecular weight is 444 g/mol. The summed E-state index contributed by atoms with van der Waals surface area (Å²) < 4.78 is 10.5. The van der Waals surface area contributed by atoms with E-state index in [-0.39, 0.29) is 27.3 Å². The monoisotopic (exact) mass is 443 g/mol. The number of thiocarbonyl (C=S) groups is 1. The molecule has 1 atom stereocenters. The number of nitro groups is 1. The zero-order valence-electron chi connectivity index (χ0n) is 14.7. The van der Waals surface area contributed by atoms with Gasteiger partial charge in [0.15, 0.2) is 11.2 Å². The highest BCUT2D eigenvalue weighted by molar-refractivity contribution is 7.80. The number of nitrogens with zero attached hydrogens (tertiary/aromatic N) is 1. The van der Waals surface area contributed by atoms with Crippen LogP contribution in [0.4, 0.5) is 11.4 Å². The molecule has 2 rings (SSSR count). The third-order valence-electron chi connectivity index (χ3n) is 3.45. The Kier molecular flexibility index (Phi) is 7.38. The van der Waals surface area contributed by atoms with Crippen LogP contribution in [-0.4, -0.2) is 29.2 Å². The number of nitrogens with one attached hydrogen (secondary N) is 2. The van der Waals surface area contributed by atoms with Crippen molar-refractivity contribution in [2.75, 3.05) is 12.4 Å². The molecule has 1 amide bonds. The number of nitro benzene ring substituents is 1. The second kappa shape index (κ2) is 9.54. The van der Waals surface area contributed by atoms with E-state index in [1.54, 1.807) is 6.07 Å². The lowest BCUT2D eigenvalue weighted by molar-refractivity contribution is -0.384. The van der Waals surface area contributed by atoms with E-state index < -0.39 is 16.9 Å². The van der Waals surface area contributed by atoms with E-state index in [0.29, 0.717) is 10.8 Å². The van der Waals surface area contributed by atoms with Crippen LogP contribution in [0.3, 0.4) is 0 Å². The van der Waals surface area contributed by atoms with Crippen LogP contribution in [0.15, 0.2) is 36.4 Å². The molecule has 0 aliphatic rings. The summed E-state index contributed by atoms with van der Waals surface area (Å²) in [4.78, 5) is 22.9. The summed E-state index contributed by atoms with van der Waals surface area (Å²) in [7, 11) is 1.39. The Balaban J connectivity index is 2.02. The van der Waals surface area contributed by atoms with Crippen LogP contribution in [0.2, 0.25) is 10.0 Å². The minimum Gasteiger partial charge on any atom is -0.496 e. The normalized spacial score (nSPS) is 11.3. The SMILES string of the molecule is COc1ccc(NC(=S)NC(=O)[C@@H](C)Oc2ccc(Cl)cc2Cl)c([N+](=O)[O-])c1. The van der Waals surface area contributed by atoms with Gasteiger partial charge in [-0.3, -0.25) is 20.2 Å². The molecular weight excluding hydrogens is 429 g/mol. The molecule has 2 N–H and O–H groups in total. The van der Waals surface area contributed by atoms with Crippen LogP contribution in [0.5, 0.6) is 11.5 Å². The van der Waals surface area contributed by atoms with Crippen molar-refractivity contribution in [2.45, 2.75) is 13.0 Å². The van der Waals surface area contributed by atoms with Gasteiger partial charge in [0.05, 0.1) is 23.1 Å². The van der Waals surface area contributed by atoms with Gasteiger partial charge in [-0.25, -0.2) is 0 Å². The smallest absolute Gasteiger partial charge is 0.296 e. The predicted octanol–water partition coefficient (Wildman–Crippen LogP) is 4.19. The molecule has 2 aromatic rings. The molecule has 0 aromatic heterocycles. The fourth-order valence-electron chi connectivity index (χ4n) is 2.08. The van der Waals surface area contributed by atoms with Crippen LogP contribution < -0.4 is 20.1 Å². The summed E-state index contributed by atoms with van der Waals surface area (Å²) in [6.07, 6.45) is -0.940. The van der Waals surface area contributed by atoms with Crippen molar-refractivity contribution in [3.63, 3.8) is 0 Å². The van der Waals surface area contributed by atoms with E-state index in [1.807, 2.05) is 0 Å². The highest BCUT2D eigenvalue weighted by Gasteiger charge is 2.20. The van der Waals surface area contributed by atoms with E-state index in [0.717, 1.165) is 0 Å². The quantitative estimate of drug-likeness (QED) is 0.391. The number of ether oxygens (including phenoxy) is 2. The van der Waals surface area contributed by atoms with Gasteiger partial charge < -0.3 is 14.8 Å². The van der Waals surface area contributed by atoms with Gasteiger partial charge in [0.1, 0.15) is 17.2 Å². The van der Waals surface area contributed by atoms with E-state index >= 15 is 0 Å². The summed E-state index contributed by atoms with van der Waals surface area (Å²) in [5.74, 6) is 0.0205. The Hall–Kier alpha value is -2.62. The van der Waals surface area contributed by atoms with Crippen LogP contribution in [0.1, 0.15) is 6.92 Å². The van der Waals surface area contributed by atoms with Crippen molar-refractivity contribution >= 4 is 57.8 Å². The molecule has 0 bridgehead atoms. The Morgan fingerprint density at radius 2 is 1.96 bits per heavy atom. The fourth-order valence-corrected chi connectivity index (χ4v) is 2.74. The fraction of sp³-hybridized carbons (Fsp3) is 0.176. The maximum atomic E-state index is 12.3. The Morgan fingerprint density at radius 3 is 2.57 bits per heavy atom. The van der Waals surface area contributed by atoms with Gasteiger partial charge in [-0.15, -0.1) is 0 Å². The molecule has 11 heteroatoms.